The van der Waals surface area contributed by atoms with Crippen molar-refractivity contribution in [1.29, 1.82) is 0 Å². The summed E-state index contributed by atoms with van der Waals surface area (Å²) in [5, 5.41) is 8.32. The molecule has 7 nitrogen and oxygen atoms in total. The monoisotopic (exact) mass is 641 g/mol. The average molecular weight is 642 g/mol. The molecule has 0 saturated heterocycles. The van der Waals surface area contributed by atoms with Gasteiger partial charge in [-0.3, -0.25) is 14.4 Å². The summed E-state index contributed by atoms with van der Waals surface area (Å²) in [5.74, 6) is -0.310. The summed E-state index contributed by atoms with van der Waals surface area (Å²) in [4.78, 5) is 40.5. The summed E-state index contributed by atoms with van der Waals surface area (Å²) in [6.07, 6.45) is 2.24. The molecule has 5 aromatic carbocycles. The molecule has 47 heavy (non-hydrogen) atoms. The smallest absolute Gasteiger partial charge is 0.272 e. The number of carbonyl (C=O) groups excluding carboxylic acids is 3. The lowest BCUT2D eigenvalue weighted by Crippen LogP contribution is -2.30. The van der Waals surface area contributed by atoms with E-state index >= 15 is 0 Å². The summed E-state index contributed by atoms with van der Waals surface area (Å²) in [7, 11) is 0. The Bertz CT molecular complexity index is 1810. The van der Waals surface area contributed by atoms with E-state index in [1.807, 2.05) is 116 Å². The number of hydrogen-bond donors (Lipinski definition) is 3. The van der Waals surface area contributed by atoms with Crippen LogP contribution in [-0.2, 0) is 16.2 Å². The Morgan fingerprint density at radius 2 is 1.36 bits per heavy atom. The predicted octanol–water partition coefficient (Wildman–Crippen LogP) is 8.18. The minimum absolute atomic E-state index is 0.0727. The maximum atomic E-state index is 13.6. The fraction of sp³-hybridized carbons (Fsp3) is 0.103. The van der Waals surface area contributed by atoms with Crippen molar-refractivity contribution >= 4 is 46.9 Å². The number of anilines is 2. The number of thioether (sulfide) groups is 1. The first-order valence-corrected chi connectivity index (χ1v) is 16.1. The van der Waals surface area contributed by atoms with Gasteiger partial charge < -0.3 is 20.7 Å². The zero-order valence-electron chi connectivity index (χ0n) is 25.9. The van der Waals surface area contributed by atoms with Crippen LogP contribution in [0.1, 0.15) is 34.8 Å². The van der Waals surface area contributed by atoms with E-state index in [0.717, 1.165) is 16.1 Å². The molecule has 0 spiro atoms. The lowest BCUT2D eigenvalue weighted by atomic mass is 10.1. The van der Waals surface area contributed by atoms with E-state index in [2.05, 4.69) is 16.0 Å². The molecule has 5 rings (SSSR count). The SMILES string of the molecule is CCC(Sc1cccc(NC(=O)/C(=C/c2ccc(OCc3ccccc3)cc2)NC(=O)c2ccccc2)c1)C(=O)Nc1ccccc1. The first kappa shape index (κ1) is 32.8. The van der Waals surface area contributed by atoms with Crippen LogP contribution in [0.2, 0.25) is 0 Å². The zero-order valence-corrected chi connectivity index (χ0v) is 26.7. The molecule has 5 aromatic rings. The third-order valence-corrected chi connectivity index (χ3v) is 8.40. The van der Waals surface area contributed by atoms with Gasteiger partial charge in [-0.25, -0.2) is 0 Å². The summed E-state index contributed by atoms with van der Waals surface area (Å²) >= 11 is 1.42. The maximum absolute atomic E-state index is 13.6. The van der Waals surface area contributed by atoms with Gasteiger partial charge in [0.15, 0.2) is 0 Å². The van der Waals surface area contributed by atoms with Gasteiger partial charge in [0.05, 0.1) is 5.25 Å². The largest absolute Gasteiger partial charge is 0.489 e. The molecule has 3 amide bonds. The standard InChI is InChI=1S/C39H35N3O4S/c1-2-36(39(45)40-31-17-10-5-11-18-31)47-34-20-12-19-32(26-34)41-38(44)35(42-37(43)30-15-8-4-9-16-30)25-28-21-23-33(24-22-28)46-27-29-13-6-3-7-14-29/h3-26,36H,2,27H2,1H3,(H,40,45)(H,41,44)(H,42,43)/b35-25-. The second kappa shape index (κ2) is 16.6. The number of nitrogens with one attached hydrogen (secondary N) is 3. The molecule has 0 saturated carbocycles. The molecule has 0 aliphatic carbocycles. The molecule has 0 radical (unpaired) electrons. The summed E-state index contributed by atoms with van der Waals surface area (Å²) < 4.78 is 5.90. The van der Waals surface area contributed by atoms with Crippen molar-refractivity contribution in [3.8, 4) is 5.75 Å². The van der Waals surface area contributed by atoms with Crippen molar-refractivity contribution in [2.24, 2.45) is 0 Å². The molecule has 0 fully saturated rings. The molecule has 1 unspecified atom stereocenters. The maximum Gasteiger partial charge on any atom is 0.272 e. The Morgan fingerprint density at radius 1 is 0.723 bits per heavy atom. The van der Waals surface area contributed by atoms with Crippen LogP contribution in [0.15, 0.2) is 150 Å². The van der Waals surface area contributed by atoms with Gasteiger partial charge in [0, 0.05) is 21.8 Å². The number of para-hydroxylation sites is 1. The third kappa shape index (κ3) is 9.94. The number of ether oxygens (including phenoxy) is 1. The third-order valence-electron chi connectivity index (χ3n) is 7.04. The zero-order chi connectivity index (χ0) is 32.8. The number of carbonyl (C=O) groups is 3. The minimum atomic E-state index is -0.491. The first-order chi connectivity index (χ1) is 23.0. The van der Waals surface area contributed by atoms with E-state index in [-0.39, 0.29) is 16.9 Å². The Labute approximate surface area is 279 Å². The van der Waals surface area contributed by atoms with Crippen molar-refractivity contribution in [3.63, 3.8) is 0 Å². The molecule has 0 heterocycles. The lowest BCUT2D eigenvalue weighted by Gasteiger charge is -2.16. The van der Waals surface area contributed by atoms with E-state index in [1.165, 1.54) is 11.8 Å². The average Bonchev–Trinajstić information content (AvgIpc) is 3.11. The van der Waals surface area contributed by atoms with Crippen LogP contribution in [0.3, 0.4) is 0 Å². The Morgan fingerprint density at radius 3 is 2.04 bits per heavy atom. The second-order valence-corrected chi connectivity index (χ2v) is 11.8. The van der Waals surface area contributed by atoms with E-state index in [4.69, 9.17) is 4.74 Å². The predicted molar refractivity (Wildman–Crippen MR) is 189 cm³/mol. The molecule has 1 atom stereocenters. The molecule has 3 N–H and O–H groups in total. The van der Waals surface area contributed by atoms with E-state index in [0.29, 0.717) is 35.6 Å². The normalized spacial score (nSPS) is 11.6. The van der Waals surface area contributed by atoms with Gasteiger partial charge in [0.1, 0.15) is 18.1 Å². The van der Waals surface area contributed by atoms with Gasteiger partial charge in [-0.05, 0) is 78.2 Å². The summed E-state index contributed by atoms with van der Waals surface area (Å²) in [6, 6.07) is 42.5. The molecule has 8 heteroatoms. The lowest BCUT2D eigenvalue weighted by molar-refractivity contribution is -0.116. The van der Waals surface area contributed by atoms with Crippen molar-refractivity contribution in [2.45, 2.75) is 30.1 Å². The molecular formula is C39H35N3O4S. The Balaban J connectivity index is 1.30. The van der Waals surface area contributed by atoms with Crippen LogP contribution in [-0.4, -0.2) is 23.0 Å². The van der Waals surface area contributed by atoms with Crippen LogP contribution in [0, 0.1) is 0 Å². The van der Waals surface area contributed by atoms with E-state index in [1.54, 1.807) is 36.4 Å². The highest BCUT2D eigenvalue weighted by Crippen LogP contribution is 2.29. The van der Waals surface area contributed by atoms with Gasteiger partial charge >= 0.3 is 0 Å². The van der Waals surface area contributed by atoms with Gasteiger partial charge in [0.2, 0.25) is 5.91 Å². The molecule has 0 aliphatic heterocycles. The van der Waals surface area contributed by atoms with E-state index < -0.39 is 11.8 Å². The number of amides is 3. The van der Waals surface area contributed by atoms with Gasteiger partial charge in [-0.2, -0.15) is 0 Å². The minimum Gasteiger partial charge on any atom is -0.489 e. The van der Waals surface area contributed by atoms with Crippen molar-refractivity contribution in [2.75, 3.05) is 10.6 Å². The highest BCUT2D eigenvalue weighted by Gasteiger charge is 2.19. The number of benzene rings is 5. The number of hydrogen-bond acceptors (Lipinski definition) is 5. The van der Waals surface area contributed by atoms with Gasteiger partial charge in [-0.15, -0.1) is 11.8 Å². The van der Waals surface area contributed by atoms with Gasteiger partial charge in [0.25, 0.3) is 11.8 Å². The van der Waals surface area contributed by atoms with Crippen LogP contribution in [0.5, 0.6) is 5.75 Å². The topological polar surface area (TPSA) is 96.5 Å². The van der Waals surface area contributed by atoms with Crippen LogP contribution in [0.25, 0.3) is 6.08 Å². The van der Waals surface area contributed by atoms with Gasteiger partial charge in [-0.1, -0.05) is 91.9 Å². The highest BCUT2D eigenvalue weighted by molar-refractivity contribution is 8.00. The van der Waals surface area contributed by atoms with Crippen LogP contribution >= 0.6 is 11.8 Å². The number of rotatable bonds is 13. The fourth-order valence-electron chi connectivity index (χ4n) is 4.59. The van der Waals surface area contributed by atoms with Crippen molar-refractivity contribution in [3.05, 3.63) is 162 Å². The molecule has 0 aromatic heterocycles. The fourth-order valence-corrected chi connectivity index (χ4v) is 5.60. The van der Waals surface area contributed by atoms with Crippen LogP contribution in [0.4, 0.5) is 11.4 Å². The second-order valence-electron chi connectivity index (χ2n) is 10.6. The Kier molecular flexibility index (Phi) is 11.6. The summed E-state index contributed by atoms with van der Waals surface area (Å²) in [6.45, 7) is 2.40. The quantitative estimate of drug-likeness (QED) is 0.0890. The molecular weight excluding hydrogens is 607 g/mol. The summed E-state index contributed by atoms with van der Waals surface area (Å²) in [5.41, 5.74) is 3.53. The Hall–Kier alpha value is -5.60. The molecule has 0 bridgehead atoms. The van der Waals surface area contributed by atoms with Crippen molar-refractivity contribution in [1.82, 2.24) is 5.32 Å². The van der Waals surface area contributed by atoms with Crippen LogP contribution < -0.4 is 20.7 Å². The molecule has 236 valence electrons. The van der Waals surface area contributed by atoms with Crippen molar-refractivity contribution < 1.29 is 19.1 Å². The molecule has 0 aliphatic rings. The van der Waals surface area contributed by atoms with E-state index in [9.17, 15) is 14.4 Å². The first-order valence-electron chi connectivity index (χ1n) is 15.3. The highest BCUT2D eigenvalue weighted by atomic mass is 32.2.